The molecule has 2 nitrogen and oxygen atoms in total. The van der Waals surface area contributed by atoms with Gasteiger partial charge in [0.2, 0.25) is 0 Å². The Bertz CT molecular complexity index is 189. The second-order valence-electron chi connectivity index (χ2n) is 2.44. The summed E-state index contributed by atoms with van der Waals surface area (Å²) >= 11 is 0. The lowest BCUT2D eigenvalue weighted by Gasteiger charge is -2.03. The summed E-state index contributed by atoms with van der Waals surface area (Å²) in [7, 11) is 0. The number of hydrogen-bond acceptors (Lipinski definition) is 2. The Hall–Kier alpha value is -0.730. The average molecular weight is 187 g/mol. The topological polar surface area (TPSA) is 38.0 Å². The molecule has 3 N–H and O–H groups in total. The predicted molar refractivity (Wildman–Crippen MR) is 55.9 cm³/mol. The SMILES string of the molecule is Cl.NCCCNc1ccccc1. The van der Waals surface area contributed by atoms with E-state index in [1.165, 1.54) is 5.69 Å². The fourth-order valence-corrected chi connectivity index (χ4v) is 0.891. The van der Waals surface area contributed by atoms with Gasteiger partial charge in [-0.05, 0) is 25.1 Å². The molecule has 12 heavy (non-hydrogen) atoms. The monoisotopic (exact) mass is 186 g/mol. The number of para-hydroxylation sites is 1. The molecule has 0 saturated carbocycles. The molecule has 0 aliphatic rings. The second kappa shape index (κ2) is 6.95. The summed E-state index contributed by atoms with van der Waals surface area (Å²) in [5.41, 5.74) is 6.52. The van der Waals surface area contributed by atoms with Gasteiger partial charge in [0, 0.05) is 12.2 Å². The molecule has 0 bridgehead atoms. The van der Waals surface area contributed by atoms with E-state index in [0.29, 0.717) is 0 Å². The molecule has 0 unspecified atom stereocenters. The summed E-state index contributed by atoms with van der Waals surface area (Å²) in [4.78, 5) is 0. The van der Waals surface area contributed by atoms with Gasteiger partial charge in [-0.25, -0.2) is 0 Å². The third-order valence-corrected chi connectivity index (χ3v) is 1.48. The Morgan fingerprint density at radius 3 is 2.42 bits per heavy atom. The molecule has 0 aliphatic carbocycles. The van der Waals surface area contributed by atoms with Gasteiger partial charge in [-0.15, -0.1) is 12.4 Å². The first-order valence-corrected chi connectivity index (χ1v) is 3.92. The normalized spacial score (nSPS) is 8.75. The molecule has 0 fully saturated rings. The Kier molecular flexibility index (Phi) is 6.53. The second-order valence-corrected chi connectivity index (χ2v) is 2.44. The van der Waals surface area contributed by atoms with Crippen molar-refractivity contribution in [3.63, 3.8) is 0 Å². The standard InChI is InChI=1S/C9H14N2.ClH/c10-7-4-8-11-9-5-2-1-3-6-9;/h1-3,5-6,11H,4,7-8,10H2;1H. The van der Waals surface area contributed by atoms with E-state index >= 15 is 0 Å². The van der Waals surface area contributed by atoms with Crippen LogP contribution in [-0.4, -0.2) is 13.1 Å². The molecular weight excluding hydrogens is 172 g/mol. The van der Waals surface area contributed by atoms with Crippen LogP contribution in [0.2, 0.25) is 0 Å². The quantitative estimate of drug-likeness (QED) is 0.705. The molecule has 0 atom stereocenters. The third-order valence-electron chi connectivity index (χ3n) is 1.48. The van der Waals surface area contributed by atoms with Crippen LogP contribution in [0.3, 0.4) is 0 Å². The van der Waals surface area contributed by atoms with E-state index in [1.807, 2.05) is 18.2 Å². The highest BCUT2D eigenvalue weighted by atomic mass is 35.5. The summed E-state index contributed by atoms with van der Waals surface area (Å²) in [6.45, 7) is 1.71. The van der Waals surface area contributed by atoms with Crippen molar-refractivity contribution < 1.29 is 0 Å². The minimum absolute atomic E-state index is 0. The highest BCUT2D eigenvalue weighted by Crippen LogP contribution is 2.03. The summed E-state index contributed by atoms with van der Waals surface area (Å²) in [5.74, 6) is 0. The van der Waals surface area contributed by atoms with Gasteiger partial charge in [0.05, 0.1) is 0 Å². The lowest BCUT2D eigenvalue weighted by atomic mass is 10.3. The van der Waals surface area contributed by atoms with Gasteiger partial charge in [0.15, 0.2) is 0 Å². The Labute approximate surface area is 79.6 Å². The van der Waals surface area contributed by atoms with Crippen molar-refractivity contribution in [1.29, 1.82) is 0 Å². The van der Waals surface area contributed by atoms with Gasteiger partial charge < -0.3 is 11.1 Å². The maximum atomic E-state index is 5.35. The van der Waals surface area contributed by atoms with Gasteiger partial charge in [-0.2, -0.15) is 0 Å². The van der Waals surface area contributed by atoms with Gasteiger partial charge >= 0.3 is 0 Å². The molecule has 0 spiro atoms. The van der Waals surface area contributed by atoms with Crippen LogP contribution in [0.25, 0.3) is 0 Å². The molecule has 0 saturated heterocycles. The first kappa shape index (κ1) is 11.3. The molecule has 0 heterocycles. The zero-order valence-electron chi connectivity index (χ0n) is 6.99. The van der Waals surface area contributed by atoms with E-state index < -0.39 is 0 Å². The number of anilines is 1. The Morgan fingerprint density at radius 1 is 1.17 bits per heavy atom. The van der Waals surface area contributed by atoms with Crippen LogP contribution in [-0.2, 0) is 0 Å². The predicted octanol–water partition coefficient (Wildman–Crippen LogP) is 1.87. The smallest absolute Gasteiger partial charge is 0.0340 e. The minimum Gasteiger partial charge on any atom is -0.385 e. The third kappa shape index (κ3) is 4.21. The molecule has 1 aromatic rings. The fourth-order valence-electron chi connectivity index (χ4n) is 0.891. The van der Waals surface area contributed by atoms with Crippen molar-refractivity contribution in [2.75, 3.05) is 18.4 Å². The molecule has 1 aromatic carbocycles. The molecule has 0 amide bonds. The van der Waals surface area contributed by atoms with Gasteiger partial charge in [-0.1, -0.05) is 18.2 Å². The number of nitrogens with one attached hydrogen (secondary N) is 1. The highest BCUT2D eigenvalue weighted by molar-refractivity contribution is 5.85. The van der Waals surface area contributed by atoms with E-state index in [-0.39, 0.29) is 12.4 Å². The molecule has 0 aromatic heterocycles. The molecule has 3 heteroatoms. The van der Waals surface area contributed by atoms with Crippen LogP contribution in [0, 0.1) is 0 Å². The van der Waals surface area contributed by atoms with Crippen LogP contribution in [0.1, 0.15) is 6.42 Å². The van der Waals surface area contributed by atoms with E-state index in [0.717, 1.165) is 19.5 Å². The van der Waals surface area contributed by atoms with E-state index in [2.05, 4.69) is 17.4 Å². The number of rotatable bonds is 4. The van der Waals surface area contributed by atoms with E-state index in [1.54, 1.807) is 0 Å². The number of nitrogens with two attached hydrogens (primary N) is 1. The lowest BCUT2D eigenvalue weighted by molar-refractivity contribution is 0.874. The largest absolute Gasteiger partial charge is 0.385 e. The van der Waals surface area contributed by atoms with Crippen LogP contribution in [0.5, 0.6) is 0 Å². The fraction of sp³-hybridized carbons (Fsp3) is 0.333. The number of hydrogen-bond donors (Lipinski definition) is 2. The summed E-state index contributed by atoms with van der Waals surface area (Å²) < 4.78 is 0. The summed E-state index contributed by atoms with van der Waals surface area (Å²) in [6, 6.07) is 10.1. The van der Waals surface area contributed by atoms with Crippen LogP contribution >= 0.6 is 12.4 Å². The van der Waals surface area contributed by atoms with E-state index in [9.17, 15) is 0 Å². The molecule has 68 valence electrons. The Balaban J connectivity index is 0.00000121. The lowest BCUT2D eigenvalue weighted by Crippen LogP contribution is -2.08. The van der Waals surface area contributed by atoms with Crippen molar-refractivity contribution in [2.24, 2.45) is 5.73 Å². The van der Waals surface area contributed by atoms with Crippen molar-refractivity contribution in [2.45, 2.75) is 6.42 Å². The summed E-state index contributed by atoms with van der Waals surface area (Å²) in [5, 5.41) is 3.27. The zero-order valence-corrected chi connectivity index (χ0v) is 7.81. The molecular formula is C9H15ClN2. The van der Waals surface area contributed by atoms with E-state index in [4.69, 9.17) is 5.73 Å². The van der Waals surface area contributed by atoms with Crippen molar-refractivity contribution in [3.05, 3.63) is 30.3 Å². The van der Waals surface area contributed by atoms with Crippen molar-refractivity contribution >= 4 is 18.1 Å². The maximum Gasteiger partial charge on any atom is 0.0340 e. The van der Waals surface area contributed by atoms with Gasteiger partial charge in [-0.3, -0.25) is 0 Å². The minimum atomic E-state index is 0. The first-order valence-electron chi connectivity index (χ1n) is 3.92. The first-order chi connectivity index (χ1) is 5.43. The van der Waals surface area contributed by atoms with Crippen LogP contribution in [0.15, 0.2) is 30.3 Å². The Morgan fingerprint density at radius 2 is 1.83 bits per heavy atom. The molecule has 1 rings (SSSR count). The number of halogens is 1. The van der Waals surface area contributed by atoms with Gasteiger partial charge in [0.25, 0.3) is 0 Å². The maximum absolute atomic E-state index is 5.35. The van der Waals surface area contributed by atoms with Crippen molar-refractivity contribution in [1.82, 2.24) is 0 Å². The van der Waals surface area contributed by atoms with Crippen molar-refractivity contribution in [3.8, 4) is 0 Å². The number of benzene rings is 1. The van der Waals surface area contributed by atoms with Gasteiger partial charge in [0.1, 0.15) is 0 Å². The molecule has 0 aliphatic heterocycles. The van der Waals surface area contributed by atoms with Crippen LogP contribution in [0.4, 0.5) is 5.69 Å². The van der Waals surface area contributed by atoms with Crippen LogP contribution < -0.4 is 11.1 Å². The molecule has 0 radical (unpaired) electrons. The summed E-state index contributed by atoms with van der Waals surface area (Å²) in [6.07, 6.45) is 1.02. The highest BCUT2D eigenvalue weighted by Gasteiger charge is 1.86. The average Bonchev–Trinajstić information content (AvgIpc) is 2.07. The zero-order chi connectivity index (χ0) is 7.94.